The largest absolute Gasteiger partial charge is 0.481 e. The topological polar surface area (TPSA) is 49.7 Å². The first-order valence-electron chi connectivity index (χ1n) is 7.55. The molecule has 0 aliphatic heterocycles. The number of hydrogen-bond donors (Lipinski definition) is 1. The first-order valence-corrected chi connectivity index (χ1v) is 7.55. The molecule has 1 aliphatic rings. The second kappa shape index (κ2) is 7.21. The van der Waals surface area contributed by atoms with Gasteiger partial charge in [-0.15, -0.1) is 0 Å². The van der Waals surface area contributed by atoms with Gasteiger partial charge in [-0.1, -0.05) is 36.4 Å². The SMILES string of the molecule is C=C(C)c1ccc(/C=N/CC2CCC(C(=O)O)CC2)cc1. The fourth-order valence-corrected chi connectivity index (χ4v) is 2.75. The van der Waals surface area contributed by atoms with Gasteiger partial charge in [0.25, 0.3) is 0 Å². The van der Waals surface area contributed by atoms with Crippen molar-refractivity contribution in [1.82, 2.24) is 0 Å². The summed E-state index contributed by atoms with van der Waals surface area (Å²) in [6.07, 6.45) is 5.45. The number of carboxylic acid groups (broad SMARTS) is 1. The lowest BCUT2D eigenvalue weighted by Gasteiger charge is -2.24. The van der Waals surface area contributed by atoms with E-state index in [2.05, 4.69) is 35.8 Å². The van der Waals surface area contributed by atoms with E-state index in [4.69, 9.17) is 5.11 Å². The molecule has 0 atom stereocenters. The lowest BCUT2D eigenvalue weighted by atomic mass is 9.82. The van der Waals surface area contributed by atoms with Crippen LogP contribution in [0.2, 0.25) is 0 Å². The van der Waals surface area contributed by atoms with Crippen molar-refractivity contribution in [3.05, 3.63) is 42.0 Å². The van der Waals surface area contributed by atoms with Gasteiger partial charge >= 0.3 is 5.97 Å². The second-order valence-corrected chi connectivity index (χ2v) is 5.95. The zero-order valence-electron chi connectivity index (χ0n) is 12.6. The molecule has 21 heavy (non-hydrogen) atoms. The van der Waals surface area contributed by atoms with Crippen molar-refractivity contribution in [1.29, 1.82) is 0 Å². The number of aliphatic carboxylic acids is 1. The highest BCUT2D eigenvalue weighted by Crippen LogP contribution is 2.29. The van der Waals surface area contributed by atoms with Gasteiger partial charge in [-0.05, 0) is 49.7 Å². The van der Waals surface area contributed by atoms with Crippen LogP contribution in [-0.4, -0.2) is 23.8 Å². The number of rotatable bonds is 5. The normalized spacial score (nSPS) is 22.3. The van der Waals surface area contributed by atoms with Crippen molar-refractivity contribution in [2.75, 3.05) is 6.54 Å². The van der Waals surface area contributed by atoms with Crippen LogP contribution in [0.1, 0.15) is 43.7 Å². The van der Waals surface area contributed by atoms with Gasteiger partial charge in [-0.2, -0.15) is 0 Å². The molecule has 0 amide bonds. The summed E-state index contributed by atoms with van der Waals surface area (Å²) in [6, 6.07) is 8.22. The zero-order chi connectivity index (χ0) is 15.2. The summed E-state index contributed by atoms with van der Waals surface area (Å²) in [5.74, 6) is -0.249. The van der Waals surface area contributed by atoms with Crippen molar-refractivity contribution in [2.24, 2.45) is 16.8 Å². The van der Waals surface area contributed by atoms with Gasteiger partial charge in [0.05, 0.1) is 5.92 Å². The highest BCUT2D eigenvalue weighted by Gasteiger charge is 2.25. The minimum atomic E-state index is -0.644. The van der Waals surface area contributed by atoms with Gasteiger partial charge in [-0.3, -0.25) is 9.79 Å². The molecule has 1 aliphatic carbocycles. The van der Waals surface area contributed by atoms with Gasteiger partial charge in [0.2, 0.25) is 0 Å². The van der Waals surface area contributed by atoms with E-state index in [-0.39, 0.29) is 5.92 Å². The molecule has 1 aromatic carbocycles. The highest BCUT2D eigenvalue weighted by molar-refractivity contribution is 5.80. The van der Waals surface area contributed by atoms with Crippen LogP contribution in [0.4, 0.5) is 0 Å². The molecule has 112 valence electrons. The Labute approximate surface area is 126 Å². The maximum atomic E-state index is 10.9. The highest BCUT2D eigenvalue weighted by atomic mass is 16.4. The van der Waals surface area contributed by atoms with Crippen LogP contribution in [0.25, 0.3) is 5.57 Å². The van der Waals surface area contributed by atoms with Gasteiger partial charge in [0, 0.05) is 12.8 Å². The predicted octanol–water partition coefficient (Wildman–Crippen LogP) is 4.03. The molecule has 0 heterocycles. The summed E-state index contributed by atoms with van der Waals surface area (Å²) in [5.41, 5.74) is 3.31. The molecule has 0 spiro atoms. The minimum absolute atomic E-state index is 0.139. The average molecular weight is 285 g/mol. The number of benzene rings is 1. The van der Waals surface area contributed by atoms with E-state index in [1.165, 1.54) is 0 Å². The molecule has 0 radical (unpaired) electrons. The number of hydrogen-bond acceptors (Lipinski definition) is 2. The summed E-state index contributed by atoms with van der Waals surface area (Å²) >= 11 is 0. The smallest absolute Gasteiger partial charge is 0.306 e. The minimum Gasteiger partial charge on any atom is -0.481 e. The standard InChI is InChI=1S/C18H23NO2/c1-13(2)16-7-3-14(4-8-16)11-19-12-15-5-9-17(10-6-15)18(20)21/h3-4,7-8,11,15,17H,1,5-6,9-10,12H2,2H3,(H,20,21)/b19-11+. The van der Waals surface area contributed by atoms with Gasteiger partial charge in [0.1, 0.15) is 0 Å². The number of nitrogens with zero attached hydrogens (tertiary/aromatic N) is 1. The number of allylic oxidation sites excluding steroid dienone is 1. The van der Waals surface area contributed by atoms with Crippen molar-refractivity contribution in [3.8, 4) is 0 Å². The summed E-state index contributed by atoms with van der Waals surface area (Å²) in [7, 11) is 0. The summed E-state index contributed by atoms with van der Waals surface area (Å²) < 4.78 is 0. The predicted molar refractivity (Wildman–Crippen MR) is 86.7 cm³/mol. The Morgan fingerprint density at radius 1 is 1.29 bits per heavy atom. The monoisotopic (exact) mass is 285 g/mol. The summed E-state index contributed by atoms with van der Waals surface area (Å²) in [5, 5.41) is 8.97. The molecule has 1 saturated carbocycles. The van der Waals surface area contributed by atoms with E-state index in [1.807, 2.05) is 13.1 Å². The Morgan fingerprint density at radius 3 is 2.43 bits per heavy atom. The van der Waals surface area contributed by atoms with Crippen LogP contribution >= 0.6 is 0 Å². The molecular weight excluding hydrogens is 262 g/mol. The quantitative estimate of drug-likeness (QED) is 0.830. The Hall–Kier alpha value is -1.90. The Bertz CT molecular complexity index is 523. The maximum Gasteiger partial charge on any atom is 0.306 e. The van der Waals surface area contributed by atoms with Crippen molar-refractivity contribution in [3.63, 3.8) is 0 Å². The Balaban J connectivity index is 1.80. The first-order chi connectivity index (χ1) is 10.1. The molecule has 1 fully saturated rings. The fourth-order valence-electron chi connectivity index (χ4n) is 2.75. The van der Waals surface area contributed by atoms with E-state index in [0.717, 1.165) is 48.9 Å². The number of carbonyl (C=O) groups is 1. The van der Waals surface area contributed by atoms with Crippen molar-refractivity contribution >= 4 is 17.8 Å². The summed E-state index contributed by atoms with van der Waals surface area (Å²) in [4.78, 5) is 15.4. The lowest BCUT2D eigenvalue weighted by Crippen LogP contribution is -2.22. The molecule has 0 saturated heterocycles. The van der Waals surface area contributed by atoms with E-state index >= 15 is 0 Å². The second-order valence-electron chi connectivity index (χ2n) is 5.95. The fraction of sp³-hybridized carbons (Fsp3) is 0.444. The lowest BCUT2D eigenvalue weighted by molar-refractivity contribution is -0.143. The van der Waals surface area contributed by atoms with E-state index in [9.17, 15) is 4.79 Å². The van der Waals surface area contributed by atoms with E-state index in [1.54, 1.807) is 0 Å². The third-order valence-corrected chi connectivity index (χ3v) is 4.20. The van der Waals surface area contributed by atoms with Crippen LogP contribution in [0.5, 0.6) is 0 Å². The van der Waals surface area contributed by atoms with Gasteiger partial charge < -0.3 is 5.11 Å². The zero-order valence-corrected chi connectivity index (χ0v) is 12.6. The summed E-state index contributed by atoms with van der Waals surface area (Å²) in [6.45, 7) is 6.72. The first kappa shape index (κ1) is 15.5. The third-order valence-electron chi connectivity index (χ3n) is 4.20. The van der Waals surface area contributed by atoms with E-state index < -0.39 is 5.97 Å². The van der Waals surface area contributed by atoms with Crippen molar-refractivity contribution < 1.29 is 9.90 Å². The van der Waals surface area contributed by atoms with Gasteiger partial charge in [-0.25, -0.2) is 0 Å². The molecular formula is C18H23NO2. The third kappa shape index (κ3) is 4.55. The Kier molecular flexibility index (Phi) is 5.32. The van der Waals surface area contributed by atoms with Gasteiger partial charge in [0.15, 0.2) is 0 Å². The van der Waals surface area contributed by atoms with Crippen LogP contribution in [0.3, 0.4) is 0 Å². The van der Waals surface area contributed by atoms with E-state index in [0.29, 0.717) is 5.92 Å². The molecule has 0 aromatic heterocycles. The molecule has 0 bridgehead atoms. The molecule has 2 rings (SSSR count). The number of carboxylic acids is 1. The molecule has 3 heteroatoms. The maximum absolute atomic E-state index is 10.9. The molecule has 1 N–H and O–H groups in total. The molecule has 1 aromatic rings. The number of aliphatic imine (C=N–C) groups is 1. The van der Waals surface area contributed by atoms with Crippen LogP contribution < -0.4 is 0 Å². The van der Waals surface area contributed by atoms with Crippen LogP contribution in [-0.2, 0) is 4.79 Å². The van der Waals surface area contributed by atoms with Crippen LogP contribution in [0.15, 0.2) is 35.8 Å². The Morgan fingerprint density at radius 2 is 1.90 bits per heavy atom. The average Bonchev–Trinajstić information content (AvgIpc) is 2.48. The molecule has 0 unspecified atom stereocenters. The van der Waals surface area contributed by atoms with Crippen LogP contribution in [0, 0.1) is 11.8 Å². The molecule has 3 nitrogen and oxygen atoms in total. The van der Waals surface area contributed by atoms with Crippen molar-refractivity contribution in [2.45, 2.75) is 32.6 Å².